The van der Waals surface area contributed by atoms with E-state index in [0.717, 1.165) is 50.7 Å². The molecule has 20 unspecified atom stereocenters. The number of ether oxygens (including phenoxy) is 5. The largest absolute Gasteiger partial charge is 0.494 e. The Morgan fingerprint density at radius 1 is 0.408 bits per heavy atom. The van der Waals surface area contributed by atoms with Gasteiger partial charge in [-0.2, -0.15) is 0 Å². The summed E-state index contributed by atoms with van der Waals surface area (Å²) in [4.78, 5) is 0. The fraction of sp³-hybridized carbons (Fsp3) is 0.937. The smallest absolute Gasteiger partial charge is 0.105 e. The molecule has 8 fully saturated rings. The van der Waals surface area contributed by atoms with Crippen LogP contribution in [-0.2, 0) is 23.7 Å². The molecule has 0 amide bonds. The molecule has 9 aliphatic rings. The first-order chi connectivity index (χ1) is 36.1. The Morgan fingerprint density at radius 3 is 1.05 bits per heavy atom. The number of hydrogen-bond donors (Lipinski definition) is 8. The summed E-state index contributed by atoms with van der Waals surface area (Å²) in [7, 11) is 1.84. The van der Waals surface area contributed by atoms with Crippen molar-refractivity contribution >= 4 is 0 Å². The molecule has 3 saturated carbocycles. The fourth-order valence-electron chi connectivity index (χ4n) is 17.5. The first-order valence-electron chi connectivity index (χ1n) is 31.8. The molecule has 0 aromatic heterocycles. The van der Waals surface area contributed by atoms with Gasteiger partial charge in [-0.05, 0) is 117 Å². The van der Waals surface area contributed by atoms with Crippen LogP contribution < -0.4 is 42.5 Å². The molecule has 5 aliphatic heterocycles. The Morgan fingerprint density at radius 2 is 0.724 bits per heavy atom. The summed E-state index contributed by atoms with van der Waals surface area (Å²) in [5.74, 6) is 6.36. The van der Waals surface area contributed by atoms with E-state index in [1.807, 2.05) is 7.11 Å². The highest BCUT2D eigenvalue weighted by Crippen LogP contribution is 2.49. The van der Waals surface area contributed by atoms with Gasteiger partial charge in [0.1, 0.15) is 17.5 Å². The van der Waals surface area contributed by atoms with Crippen LogP contribution in [0.3, 0.4) is 0 Å². The summed E-state index contributed by atoms with van der Waals surface area (Å²) in [5.41, 5.74) is -0.626. The maximum atomic E-state index is 7.49. The highest BCUT2D eigenvalue weighted by atomic mass is 16.5. The highest BCUT2D eigenvalue weighted by Gasteiger charge is 2.59. The molecule has 5 saturated heterocycles. The number of nitrogens with one attached hydrogen (secondary N) is 8. The minimum atomic E-state index is -0.626. The molecule has 5 heterocycles. The van der Waals surface area contributed by atoms with Gasteiger partial charge in [0.15, 0.2) is 0 Å². The molecular weight excluding hydrogens is 949 g/mol. The fourth-order valence-corrected chi connectivity index (χ4v) is 17.5. The van der Waals surface area contributed by atoms with Gasteiger partial charge in [0.25, 0.3) is 0 Å². The van der Waals surface area contributed by atoms with Crippen molar-refractivity contribution in [2.75, 3.05) is 7.11 Å². The Labute approximate surface area is 463 Å². The van der Waals surface area contributed by atoms with Gasteiger partial charge in [0.05, 0.1) is 91.9 Å². The molecule has 76 heavy (non-hydrogen) atoms. The highest BCUT2D eigenvalue weighted by molar-refractivity contribution is 5.28. The molecule has 20 atom stereocenters. The Balaban J connectivity index is 1.16. The second kappa shape index (κ2) is 24.7. The van der Waals surface area contributed by atoms with Crippen molar-refractivity contribution in [2.24, 2.45) is 94.7 Å². The van der Waals surface area contributed by atoms with Crippen LogP contribution in [-0.4, -0.2) is 105 Å². The molecule has 9 rings (SSSR count). The lowest BCUT2D eigenvalue weighted by molar-refractivity contribution is -0.114. The van der Waals surface area contributed by atoms with Crippen LogP contribution in [0.4, 0.5) is 0 Å². The minimum Gasteiger partial charge on any atom is -0.494 e. The summed E-state index contributed by atoms with van der Waals surface area (Å²) in [6.45, 7) is 39.6. The Kier molecular flexibility index (Phi) is 19.3. The zero-order valence-corrected chi connectivity index (χ0v) is 51.0. The lowest BCUT2D eigenvalue weighted by Gasteiger charge is -2.43. The predicted molar refractivity (Wildman–Crippen MR) is 307 cm³/mol. The van der Waals surface area contributed by atoms with Crippen LogP contribution in [0, 0.1) is 94.7 Å². The average Bonchev–Trinajstić information content (AvgIpc) is 4.09. The van der Waals surface area contributed by atoms with E-state index in [0.29, 0.717) is 71.0 Å². The summed E-state index contributed by atoms with van der Waals surface area (Å²) >= 11 is 0. The molecule has 0 radical (unpaired) electrons. The monoisotopic (exact) mass is 1060 g/mol. The predicted octanol–water partition coefficient (Wildman–Crippen LogP) is 9.61. The van der Waals surface area contributed by atoms with E-state index in [1.54, 1.807) is 0 Å². The number of fused-ring (bicyclic) bond motifs is 20. The van der Waals surface area contributed by atoms with Gasteiger partial charge in [-0.25, -0.2) is 0 Å². The molecule has 436 valence electrons. The second-order valence-electron chi connectivity index (χ2n) is 29.0. The van der Waals surface area contributed by atoms with E-state index < -0.39 is 5.60 Å². The van der Waals surface area contributed by atoms with Crippen LogP contribution in [0.1, 0.15) is 175 Å². The SMILES string of the molecule is COC1(C)C=CC2C3NC(NC4NC(NC5NC(NC6NC(N3)C3C(OC(C(C)C)C(C)C)CCCC63)C3C(OC(C(C)C)C(C)C)CCCC53)C3C(OC(C(C)C)C(C)C)CCCC43)C2C(OC(C(C)C)C(C)C)=C1. The standard InChI is InChI=1S/C63H114N8O5/c1-31(2)51(32(3)4)73-43-25-19-22-39-47(43)59-64-55(39)65-60-48-41(24-21-26-44(48)74-52(33(5)6)34(7)8)57(68-60)69-62-50-42(28-29-63(17,72-18)30-46(50)76-54(37(13)14)38(15)16)58(71-62)70-61-49-40(56(66-59)67-61)23-20-27-45(49)75-53(35(9)10)36(11)12/h28-45,47-62,64-71H,19-27H2,1-18H3. The van der Waals surface area contributed by atoms with Crippen LogP contribution >= 0.6 is 0 Å². The maximum absolute atomic E-state index is 7.49. The first kappa shape index (κ1) is 59.4. The minimum absolute atomic E-state index is 0.00395. The maximum Gasteiger partial charge on any atom is 0.105 e. The molecule has 4 aliphatic carbocycles. The van der Waals surface area contributed by atoms with Crippen molar-refractivity contribution < 1.29 is 23.7 Å². The number of methoxy groups -OCH3 is 1. The molecule has 0 spiro atoms. The van der Waals surface area contributed by atoms with E-state index in [1.165, 1.54) is 12.8 Å². The van der Waals surface area contributed by atoms with Gasteiger partial charge < -0.3 is 23.7 Å². The number of hydrogen-bond acceptors (Lipinski definition) is 13. The van der Waals surface area contributed by atoms with Crippen LogP contribution in [0.5, 0.6) is 0 Å². The summed E-state index contributed by atoms with van der Waals surface area (Å²) in [5, 5.41) is 35.2. The lowest BCUT2D eigenvalue weighted by atomic mass is 9.74. The molecule has 8 N–H and O–H groups in total. The normalized spacial score (nSPS) is 41.7. The first-order valence-corrected chi connectivity index (χ1v) is 31.8. The second-order valence-corrected chi connectivity index (χ2v) is 29.0. The van der Waals surface area contributed by atoms with Crippen molar-refractivity contribution in [3.05, 3.63) is 24.0 Å². The van der Waals surface area contributed by atoms with Crippen molar-refractivity contribution in [3.8, 4) is 0 Å². The molecule has 8 bridgehead atoms. The van der Waals surface area contributed by atoms with Crippen molar-refractivity contribution in [2.45, 2.75) is 273 Å². The van der Waals surface area contributed by atoms with Gasteiger partial charge in [-0.15, -0.1) is 0 Å². The van der Waals surface area contributed by atoms with Gasteiger partial charge in [-0.1, -0.05) is 142 Å². The van der Waals surface area contributed by atoms with Gasteiger partial charge in [-0.3, -0.25) is 42.5 Å². The molecule has 13 heteroatoms. The molecule has 13 nitrogen and oxygen atoms in total. The van der Waals surface area contributed by atoms with Gasteiger partial charge in [0.2, 0.25) is 0 Å². The van der Waals surface area contributed by atoms with E-state index in [2.05, 4.69) is 178 Å². The number of rotatable bonds is 17. The summed E-state index contributed by atoms with van der Waals surface area (Å²) in [6.07, 6.45) is 18.5. The summed E-state index contributed by atoms with van der Waals surface area (Å²) in [6, 6.07) is 0. The Hall–Kier alpha value is -1.20. The Bertz CT molecular complexity index is 1900. The topological polar surface area (TPSA) is 142 Å². The van der Waals surface area contributed by atoms with E-state index in [4.69, 9.17) is 23.7 Å². The van der Waals surface area contributed by atoms with Crippen LogP contribution in [0.25, 0.3) is 0 Å². The van der Waals surface area contributed by atoms with E-state index in [-0.39, 0.29) is 116 Å². The molecule has 0 aromatic rings. The lowest BCUT2D eigenvalue weighted by Crippen LogP contribution is -2.62. The van der Waals surface area contributed by atoms with Crippen LogP contribution in [0.15, 0.2) is 24.0 Å². The third-order valence-corrected chi connectivity index (χ3v) is 20.7. The van der Waals surface area contributed by atoms with Crippen LogP contribution in [0.2, 0.25) is 0 Å². The molecule has 0 aromatic carbocycles. The summed E-state index contributed by atoms with van der Waals surface area (Å²) < 4.78 is 36.3. The molecular formula is C63H114N8O5. The average molecular weight is 1060 g/mol. The zero-order chi connectivity index (χ0) is 54.7. The van der Waals surface area contributed by atoms with E-state index >= 15 is 0 Å². The zero-order valence-electron chi connectivity index (χ0n) is 51.0. The van der Waals surface area contributed by atoms with Gasteiger partial charge >= 0.3 is 0 Å². The quantitative estimate of drug-likeness (QED) is 0.0657. The van der Waals surface area contributed by atoms with Crippen molar-refractivity contribution in [3.63, 3.8) is 0 Å². The van der Waals surface area contributed by atoms with Gasteiger partial charge in [0, 0.05) is 30.8 Å². The van der Waals surface area contributed by atoms with E-state index in [9.17, 15) is 0 Å². The third-order valence-electron chi connectivity index (χ3n) is 20.7. The van der Waals surface area contributed by atoms with Crippen molar-refractivity contribution in [1.82, 2.24) is 42.5 Å². The third kappa shape index (κ3) is 12.3. The van der Waals surface area contributed by atoms with Crippen molar-refractivity contribution in [1.29, 1.82) is 0 Å².